The molecule has 3 heterocycles. The number of nitrogens with one attached hydrogen (secondary N) is 1. The molecule has 5 nitrogen and oxygen atoms in total. The van der Waals surface area contributed by atoms with Crippen molar-refractivity contribution in [2.24, 2.45) is 0 Å². The van der Waals surface area contributed by atoms with E-state index in [1.165, 1.54) is 18.3 Å². The van der Waals surface area contributed by atoms with Crippen LogP contribution in [0, 0.1) is 5.95 Å². The number of carbonyl (C=O) groups is 1. The Balaban J connectivity index is 1.61. The molecule has 1 N–H and O–H groups in total. The summed E-state index contributed by atoms with van der Waals surface area (Å²) in [6.07, 6.45) is -2.58. The van der Waals surface area contributed by atoms with Gasteiger partial charge in [0.25, 0.3) is 5.91 Å². The number of hydrogen-bond donors (Lipinski definition) is 1. The number of aromatic nitrogens is 2. The maximum absolute atomic E-state index is 13.4. The van der Waals surface area contributed by atoms with Crippen LogP contribution in [0.15, 0.2) is 30.6 Å². The van der Waals surface area contributed by atoms with Gasteiger partial charge in [0, 0.05) is 25.5 Å². The number of pyridine rings is 2. The number of amides is 1. The summed E-state index contributed by atoms with van der Waals surface area (Å²) >= 11 is 5.86. The first kappa shape index (κ1) is 17.4. The quantitative estimate of drug-likeness (QED) is 0.663. The summed E-state index contributed by atoms with van der Waals surface area (Å²) in [5.41, 5.74) is -1.11. The summed E-state index contributed by atoms with van der Waals surface area (Å²) in [5, 5.41) is 2.49. The molecule has 1 fully saturated rings. The number of nitrogens with zero attached hydrogens (tertiary/aromatic N) is 3. The molecule has 0 radical (unpaired) electrons. The first-order valence-electron chi connectivity index (χ1n) is 7.15. The fraction of sp³-hybridized carbons (Fsp3) is 0.267. The van der Waals surface area contributed by atoms with E-state index in [0.29, 0.717) is 19.3 Å². The fourth-order valence-corrected chi connectivity index (χ4v) is 2.67. The molecule has 0 unspecified atom stereocenters. The Morgan fingerprint density at radius 2 is 2.04 bits per heavy atom. The first-order valence-corrected chi connectivity index (χ1v) is 7.52. The summed E-state index contributed by atoms with van der Waals surface area (Å²) in [6, 6.07) is 3.26. The minimum absolute atomic E-state index is 0.127. The topological polar surface area (TPSA) is 58.1 Å². The zero-order valence-corrected chi connectivity index (χ0v) is 13.3. The third-order valence-corrected chi connectivity index (χ3v) is 3.95. The third-order valence-electron chi connectivity index (χ3n) is 3.67. The molecule has 1 amide bonds. The summed E-state index contributed by atoms with van der Waals surface area (Å²) < 4.78 is 51.2. The van der Waals surface area contributed by atoms with E-state index < -0.39 is 23.6 Å². The van der Waals surface area contributed by atoms with E-state index in [2.05, 4.69) is 15.3 Å². The van der Waals surface area contributed by atoms with Gasteiger partial charge in [0.15, 0.2) is 0 Å². The van der Waals surface area contributed by atoms with Crippen LogP contribution in [0.2, 0.25) is 5.02 Å². The van der Waals surface area contributed by atoms with Gasteiger partial charge in [-0.3, -0.25) is 4.79 Å². The van der Waals surface area contributed by atoms with Crippen molar-refractivity contribution in [1.82, 2.24) is 15.3 Å². The van der Waals surface area contributed by atoms with E-state index in [0.717, 1.165) is 6.07 Å². The second kappa shape index (κ2) is 6.47. The lowest BCUT2D eigenvalue weighted by atomic mass is 10.1. The molecule has 1 saturated heterocycles. The molecular formula is C15H11ClF4N4O. The fourth-order valence-electron chi connectivity index (χ4n) is 2.38. The zero-order valence-electron chi connectivity index (χ0n) is 12.5. The number of halogens is 5. The van der Waals surface area contributed by atoms with E-state index in [1.807, 2.05) is 0 Å². The van der Waals surface area contributed by atoms with Crippen molar-refractivity contribution in [3.05, 3.63) is 52.7 Å². The van der Waals surface area contributed by atoms with Crippen LogP contribution in [0.5, 0.6) is 0 Å². The molecular weight excluding hydrogens is 364 g/mol. The van der Waals surface area contributed by atoms with Crippen LogP contribution in [0.1, 0.15) is 15.9 Å². The molecule has 0 atom stereocenters. The smallest absolute Gasteiger partial charge is 0.351 e. The summed E-state index contributed by atoms with van der Waals surface area (Å²) in [4.78, 5) is 20.7. The van der Waals surface area contributed by atoms with Crippen LogP contribution in [0.25, 0.3) is 0 Å². The monoisotopic (exact) mass is 374 g/mol. The van der Waals surface area contributed by atoms with Gasteiger partial charge in [-0.15, -0.1) is 0 Å². The lowest BCUT2D eigenvalue weighted by molar-refractivity contribution is -0.137. The van der Waals surface area contributed by atoms with Crippen LogP contribution in [0.4, 0.5) is 23.4 Å². The van der Waals surface area contributed by atoms with Gasteiger partial charge in [0.05, 0.1) is 22.2 Å². The predicted molar refractivity (Wildman–Crippen MR) is 81.9 cm³/mol. The molecule has 2 aromatic rings. The molecule has 2 aromatic heterocycles. The maximum Gasteiger partial charge on any atom is 0.417 e. The van der Waals surface area contributed by atoms with E-state index in [-0.39, 0.29) is 22.4 Å². The number of alkyl halides is 3. The highest BCUT2D eigenvalue weighted by Crippen LogP contribution is 2.34. The van der Waals surface area contributed by atoms with Gasteiger partial charge < -0.3 is 10.2 Å². The molecule has 0 saturated carbocycles. The molecule has 1 aliphatic rings. The van der Waals surface area contributed by atoms with Gasteiger partial charge in [0.1, 0.15) is 5.82 Å². The first-order chi connectivity index (χ1) is 11.8. The molecule has 1 aliphatic heterocycles. The highest BCUT2D eigenvalue weighted by Gasteiger charge is 2.34. The van der Waals surface area contributed by atoms with Crippen molar-refractivity contribution in [2.45, 2.75) is 12.2 Å². The Hall–Kier alpha value is -2.42. The van der Waals surface area contributed by atoms with Crippen molar-refractivity contribution in [3.63, 3.8) is 0 Å². The standard InChI is InChI=1S/C15H11ClF4N4O/c16-11-4-8(15(18,19)20)5-22-13(11)24-6-9(7-24)23-14(25)10-2-1-3-21-12(10)17/h1-5,9H,6-7H2,(H,23,25). The van der Waals surface area contributed by atoms with Crippen molar-refractivity contribution in [3.8, 4) is 0 Å². The molecule has 132 valence electrons. The highest BCUT2D eigenvalue weighted by molar-refractivity contribution is 6.33. The van der Waals surface area contributed by atoms with Crippen molar-refractivity contribution in [2.75, 3.05) is 18.0 Å². The normalized spacial score (nSPS) is 15.0. The van der Waals surface area contributed by atoms with Crippen molar-refractivity contribution < 1.29 is 22.4 Å². The van der Waals surface area contributed by atoms with Crippen LogP contribution >= 0.6 is 11.6 Å². The minimum Gasteiger partial charge on any atom is -0.351 e. The van der Waals surface area contributed by atoms with Crippen LogP contribution < -0.4 is 10.2 Å². The van der Waals surface area contributed by atoms with Gasteiger partial charge in [-0.1, -0.05) is 11.6 Å². The number of carbonyl (C=O) groups excluding carboxylic acids is 1. The van der Waals surface area contributed by atoms with Crippen molar-refractivity contribution >= 4 is 23.3 Å². The van der Waals surface area contributed by atoms with Crippen LogP contribution in [0.3, 0.4) is 0 Å². The van der Waals surface area contributed by atoms with E-state index in [1.54, 1.807) is 4.90 Å². The minimum atomic E-state index is -4.52. The molecule has 0 aliphatic carbocycles. The average molecular weight is 375 g/mol. The molecule has 0 spiro atoms. The number of anilines is 1. The molecule has 25 heavy (non-hydrogen) atoms. The predicted octanol–water partition coefficient (Wildman–Crippen LogP) is 2.91. The lowest BCUT2D eigenvalue weighted by Gasteiger charge is -2.40. The molecule has 0 aromatic carbocycles. The SMILES string of the molecule is O=C(NC1CN(c2ncc(C(F)(F)F)cc2Cl)C1)c1cccnc1F. The van der Waals surface area contributed by atoms with Gasteiger partial charge in [-0.2, -0.15) is 17.6 Å². The van der Waals surface area contributed by atoms with Gasteiger partial charge >= 0.3 is 6.18 Å². The second-order valence-corrected chi connectivity index (χ2v) is 5.85. The van der Waals surface area contributed by atoms with E-state index >= 15 is 0 Å². The maximum atomic E-state index is 13.4. The summed E-state index contributed by atoms with van der Waals surface area (Å²) in [6.45, 7) is 0.595. The Morgan fingerprint density at radius 3 is 2.64 bits per heavy atom. The van der Waals surface area contributed by atoms with Gasteiger partial charge in [-0.25, -0.2) is 9.97 Å². The van der Waals surface area contributed by atoms with Crippen LogP contribution in [-0.4, -0.2) is 35.0 Å². The van der Waals surface area contributed by atoms with E-state index in [4.69, 9.17) is 11.6 Å². The van der Waals surface area contributed by atoms with Gasteiger partial charge in [-0.05, 0) is 18.2 Å². The Labute approximate surface area is 144 Å². The number of rotatable bonds is 3. The summed E-state index contributed by atoms with van der Waals surface area (Å²) in [5.74, 6) is -1.28. The van der Waals surface area contributed by atoms with Crippen molar-refractivity contribution in [1.29, 1.82) is 0 Å². The van der Waals surface area contributed by atoms with Gasteiger partial charge in [0.2, 0.25) is 5.95 Å². The summed E-state index contributed by atoms with van der Waals surface area (Å²) in [7, 11) is 0. The van der Waals surface area contributed by atoms with E-state index in [9.17, 15) is 22.4 Å². The lowest BCUT2D eigenvalue weighted by Crippen LogP contribution is -2.59. The van der Waals surface area contributed by atoms with Crippen LogP contribution in [-0.2, 0) is 6.18 Å². The Morgan fingerprint density at radius 1 is 1.32 bits per heavy atom. The molecule has 10 heteroatoms. The Kier molecular flexibility index (Phi) is 4.51. The zero-order chi connectivity index (χ0) is 18.2. The third kappa shape index (κ3) is 3.65. The second-order valence-electron chi connectivity index (χ2n) is 5.44. The molecule has 0 bridgehead atoms. The Bertz CT molecular complexity index is 808. The highest BCUT2D eigenvalue weighted by atomic mass is 35.5. The average Bonchev–Trinajstić information content (AvgIpc) is 2.50. The largest absolute Gasteiger partial charge is 0.417 e. The molecule has 3 rings (SSSR count). The number of hydrogen-bond acceptors (Lipinski definition) is 4.